The summed E-state index contributed by atoms with van der Waals surface area (Å²) in [6.07, 6.45) is 0. The molecule has 0 aromatic carbocycles. The summed E-state index contributed by atoms with van der Waals surface area (Å²) in [4.78, 5) is 40.2. The van der Waals surface area contributed by atoms with E-state index in [1.807, 2.05) is 0 Å². The molecule has 0 saturated heterocycles. The Balaban J connectivity index is -0.0000000343. The zero-order valence-corrected chi connectivity index (χ0v) is 17.3. The maximum atomic E-state index is 10.4. The van der Waals surface area contributed by atoms with Crippen molar-refractivity contribution in [2.75, 3.05) is 0 Å². The van der Waals surface area contributed by atoms with Gasteiger partial charge in [-0.2, -0.15) is 8.62 Å². The van der Waals surface area contributed by atoms with Crippen LogP contribution in [0.15, 0.2) is 0 Å². The van der Waals surface area contributed by atoms with Gasteiger partial charge in [0.25, 0.3) is 0 Å². The molecule has 0 aliphatic rings. The first-order valence-electron chi connectivity index (χ1n) is 2.28. The van der Waals surface area contributed by atoms with Crippen molar-refractivity contribution in [3.63, 3.8) is 0 Å². The van der Waals surface area contributed by atoms with Crippen LogP contribution in [0.4, 0.5) is 0 Å². The summed E-state index contributed by atoms with van der Waals surface area (Å²) in [6, 6.07) is 0. The predicted octanol–water partition coefficient (Wildman–Crippen LogP) is -9.23. The van der Waals surface area contributed by atoms with Gasteiger partial charge >= 0.3 is 114 Å². The summed E-state index contributed by atoms with van der Waals surface area (Å²) in [5, 5.41) is 0. The van der Waals surface area contributed by atoms with E-state index in [9.17, 15) is 13.7 Å². The van der Waals surface area contributed by atoms with Crippen molar-refractivity contribution in [3.05, 3.63) is 0 Å². The van der Waals surface area contributed by atoms with Gasteiger partial charge in [0.05, 0.1) is 0 Å². The molecule has 5 N–H and O–H groups in total. The quantitative estimate of drug-likeness (QED) is 0.246. The van der Waals surface area contributed by atoms with Crippen LogP contribution in [0.1, 0.15) is 5.71 Å². The molecule has 16 heteroatoms. The average molecular weight is 331 g/mol. The summed E-state index contributed by atoms with van der Waals surface area (Å²) in [5.41, 5.74) is 0. The third-order valence-electron chi connectivity index (χ3n) is 0.419. The van der Waals surface area contributed by atoms with E-state index in [0.29, 0.717) is 0 Å². The van der Waals surface area contributed by atoms with E-state index < -0.39 is 23.5 Å². The Morgan fingerprint density at radius 1 is 0.750 bits per heavy atom. The Bertz CT molecular complexity index is 298. The fraction of sp³-hybridized carbons (Fsp3) is 0. The molecule has 0 fully saturated rings. The van der Waals surface area contributed by atoms with E-state index in [0.717, 1.165) is 0 Å². The molecule has 0 bridgehead atoms. The van der Waals surface area contributed by atoms with Gasteiger partial charge in [0.2, 0.25) is 0 Å². The maximum absolute atomic E-state index is 10.4. The fourth-order valence-electron chi connectivity index (χ4n) is 0.284. The number of hydrogen-bond donors (Lipinski definition) is 5. The molecule has 0 saturated carbocycles. The van der Waals surface area contributed by atoms with E-state index in [2.05, 4.69) is 8.62 Å². The second-order valence-electron chi connectivity index (χ2n) is 1.61. The molecule has 86 valence electrons. The smallest absolute Gasteiger partial charge is 1.00 e. The Kier molecular flexibility index (Phi) is 17.6. The first-order chi connectivity index (χ1) is 5.41. The summed E-state index contributed by atoms with van der Waals surface area (Å²) in [6.45, 7) is 0. The second-order valence-corrected chi connectivity index (χ2v) is 5.82. The van der Waals surface area contributed by atoms with Gasteiger partial charge in [0, 0.05) is 0 Å². The van der Waals surface area contributed by atoms with Crippen LogP contribution in [-0.4, -0.2) is 24.5 Å². The summed E-state index contributed by atoms with van der Waals surface area (Å²) in [7, 11) is -16.2. The minimum atomic E-state index is -5.46. The molecule has 0 rings (SSSR count). The van der Waals surface area contributed by atoms with E-state index in [1.54, 1.807) is 0 Å². The van der Waals surface area contributed by atoms with Gasteiger partial charge in [0.1, 0.15) is 0 Å². The van der Waals surface area contributed by atoms with E-state index >= 15 is 0 Å². The molecule has 0 heterocycles. The van der Waals surface area contributed by atoms with Crippen molar-refractivity contribution in [2.45, 2.75) is 0 Å². The number of phosphoric acid groups is 3. The molecule has 0 aliphatic heterocycles. The Hall–Kier alpha value is 3.41. The van der Waals surface area contributed by atoms with Gasteiger partial charge in [-0.25, -0.2) is 13.7 Å². The topological polar surface area (TPSA) is 171 Å². The molecular weight excluding hydrogens is 322 g/mol. The van der Waals surface area contributed by atoms with Gasteiger partial charge in [0.15, 0.2) is 0 Å². The van der Waals surface area contributed by atoms with Gasteiger partial charge < -0.3 is 28.7 Å². The molecule has 0 aliphatic carbocycles. The predicted molar refractivity (Wildman–Crippen MR) is 40.5 cm³/mol. The SMILES string of the molecule is O=P(O)(O)OP(=O)(O)OP(=O)(O)O.[H+].[H-].[H-].[H-].[Na+].[Na+].[Na+]. The van der Waals surface area contributed by atoms with Gasteiger partial charge in [-0.15, -0.1) is 0 Å². The summed E-state index contributed by atoms with van der Waals surface area (Å²) in [5.74, 6) is 0. The van der Waals surface area contributed by atoms with Gasteiger partial charge in [-0.1, -0.05) is 0 Å². The number of hydrogen-bond acceptors (Lipinski definition) is 5. The van der Waals surface area contributed by atoms with E-state index in [-0.39, 0.29) is 94.4 Å². The largest absolute Gasteiger partial charge is 1.00 e. The summed E-state index contributed by atoms with van der Waals surface area (Å²) < 4.78 is 36.4. The Morgan fingerprint density at radius 3 is 1.06 bits per heavy atom. The van der Waals surface area contributed by atoms with Crippen LogP contribution in [0.5, 0.6) is 0 Å². The fourth-order valence-corrected chi connectivity index (χ4v) is 2.82. The molecule has 0 amide bonds. The van der Waals surface area contributed by atoms with E-state index in [1.165, 1.54) is 0 Å². The molecular formula is H9Na3O10P3+. The van der Waals surface area contributed by atoms with Crippen LogP contribution in [-0.2, 0) is 22.3 Å². The van der Waals surface area contributed by atoms with Crippen LogP contribution in [0.3, 0.4) is 0 Å². The first kappa shape index (κ1) is 27.7. The standard InChI is InChI=1S/3Na.H5O10P3.3H/c;;;1-11(2,3)9-13(7,8)10-12(4,5)6;;;/h;;;(H,7,8)(H2,1,2,3)(H2,4,5,6);;;/q3*+1;;3*-1/p+1. The molecule has 0 aromatic rings. The van der Waals surface area contributed by atoms with Crippen molar-refractivity contribution in [2.24, 2.45) is 0 Å². The minimum absolute atomic E-state index is 0. The normalized spacial score (nSPS) is 11.8. The zero-order chi connectivity index (χ0) is 10.9. The van der Waals surface area contributed by atoms with Crippen molar-refractivity contribution in [1.29, 1.82) is 0 Å². The van der Waals surface area contributed by atoms with Crippen molar-refractivity contribution < 1.29 is 141 Å². The van der Waals surface area contributed by atoms with Crippen molar-refractivity contribution in [3.8, 4) is 0 Å². The van der Waals surface area contributed by atoms with Crippen LogP contribution < -0.4 is 88.7 Å². The molecule has 0 radical (unpaired) electrons. The van der Waals surface area contributed by atoms with Crippen LogP contribution in [0, 0.1) is 0 Å². The molecule has 16 heavy (non-hydrogen) atoms. The third kappa shape index (κ3) is 19.7. The first-order valence-corrected chi connectivity index (χ1v) is 6.83. The Morgan fingerprint density at radius 2 is 0.938 bits per heavy atom. The molecule has 10 nitrogen and oxygen atoms in total. The average Bonchev–Trinajstić information content (AvgIpc) is 1.43. The zero-order valence-electron chi connectivity index (χ0n) is 12.6. The summed E-state index contributed by atoms with van der Waals surface area (Å²) >= 11 is 0. The van der Waals surface area contributed by atoms with Crippen molar-refractivity contribution >= 4 is 23.5 Å². The van der Waals surface area contributed by atoms with E-state index in [4.69, 9.17) is 24.5 Å². The van der Waals surface area contributed by atoms with Crippen LogP contribution >= 0.6 is 23.5 Å². The van der Waals surface area contributed by atoms with Crippen molar-refractivity contribution in [1.82, 2.24) is 0 Å². The minimum Gasteiger partial charge on any atom is -1.00 e. The van der Waals surface area contributed by atoms with Gasteiger partial charge in [-0.05, 0) is 0 Å². The van der Waals surface area contributed by atoms with Crippen LogP contribution in [0.25, 0.3) is 0 Å². The van der Waals surface area contributed by atoms with Crippen LogP contribution in [0.2, 0.25) is 0 Å². The Labute approximate surface area is 162 Å². The molecule has 0 atom stereocenters. The molecule has 0 unspecified atom stereocenters. The van der Waals surface area contributed by atoms with Gasteiger partial charge in [-0.3, -0.25) is 0 Å². The molecule has 0 aromatic heterocycles. The maximum Gasteiger partial charge on any atom is 1.00 e. The second kappa shape index (κ2) is 10.2. The third-order valence-corrected chi connectivity index (χ3v) is 3.77. The monoisotopic (exact) mass is 331 g/mol. The number of rotatable bonds is 4. The molecule has 0 spiro atoms.